The summed E-state index contributed by atoms with van der Waals surface area (Å²) in [5.41, 5.74) is 2.08. The van der Waals surface area contributed by atoms with Gasteiger partial charge in [0, 0.05) is 12.1 Å². The highest BCUT2D eigenvalue weighted by Gasteiger charge is 2.15. The van der Waals surface area contributed by atoms with Gasteiger partial charge >= 0.3 is 0 Å². The van der Waals surface area contributed by atoms with E-state index in [9.17, 15) is 4.39 Å². The van der Waals surface area contributed by atoms with Crippen LogP contribution < -0.4 is 0 Å². The molecule has 4 rings (SSSR count). The molecule has 0 atom stereocenters. The lowest BCUT2D eigenvalue weighted by Crippen LogP contribution is -2.00. The van der Waals surface area contributed by atoms with E-state index in [0.717, 1.165) is 23.4 Å². The Hall–Kier alpha value is -2.67. The van der Waals surface area contributed by atoms with Crippen LogP contribution in [-0.4, -0.2) is 19.7 Å². The molecule has 0 aliphatic rings. The van der Waals surface area contributed by atoms with Crippen molar-refractivity contribution in [2.75, 3.05) is 0 Å². The van der Waals surface area contributed by atoms with Gasteiger partial charge in [0.05, 0.1) is 11.3 Å². The number of hydrogen-bond acceptors (Lipinski definition) is 5. The number of nitrogens with zero attached hydrogens (tertiary/aromatic N) is 4. The molecular weight excluding hydrogens is 339 g/mol. The van der Waals surface area contributed by atoms with E-state index < -0.39 is 0 Å². The molecule has 0 saturated carbocycles. The predicted molar refractivity (Wildman–Crippen MR) is 94.7 cm³/mol. The van der Waals surface area contributed by atoms with E-state index in [2.05, 4.69) is 15.2 Å². The van der Waals surface area contributed by atoms with Crippen molar-refractivity contribution >= 4 is 22.8 Å². The molecule has 2 aromatic carbocycles. The maximum Gasteiger partial charge on any atom is 0.277 e. The Morgan fingerprint density at radius 3 is 2.72 bits per heavy atom. The average molecular weight is 354 g/mol. The minimum atomic E-state index is -0.305. The first kappa shape index (κ1) is 15.8. The van der Waals surface area contributed by atoms with Crippen LogP contribution in [0.5, 0.6) is 0 Å². The van der Waals surface area contributed by atoms with Crippen LogP contribution in [0.2, 0.25) is 0 Å². The second kappa shape index (κ2) is 6.68. The summed E-state index contributed by atoms with van der Waals surface area (Å²) in [5.74, 6) is 1.49. The SMILES string of the molecule is CCn1c(CSc2nnc(-c3ccccc3)o2)nc2c(F)cccc21. The number of rotatable bonds is 5. The Morgan fingerprint density at radius 2 is 1.92 bits per heavy atom. The fraction of sp³-hybridized carbons (Fsp3) is 0.167. The van der Waals surface area contributed by atoms with E-state index in [4.69, 9.17) is 4.42 Å². The molecule has 126 valence electrons. The fourth-order valence-corrected chi connectivity index (χ4v) is 3.43. The molecule has 0 radical (unpaired) electrons. The van der Waals surface area contributed by atoms with Crippen LogP contribution in [0.4, 0.5) is 4.39 Å². The van der Waals surface area contributed by atoms with Crippen molar-refractivity contribution in [1.82, 2.24) is 19.7 Å². The summed E-state index contributed by atoms with van der Waals surface area (Å²) in [4.78, 5) is 4.44. The predicted octanol–water partition coefficient (Wildman–Crippen LogP) is 4.54. The molecule has 5 nitrogen and oxygen atoms in total. The van der Waals surface area contributed by atoms with Crippen LogP contribution in [0, 0.1) is 5.82 Å². The smallest absolute Gasteiger partial charge is 0.277 e. The van der Waals surface area contributed by atoms with Crippen molar-refractivity contribution in [3.8, 4) is 11.5 Å². The average Bonchev–Trinajstić information content (AvgIpc) is 3.25. The number of aromatic nitrogens is 4. The molecule has 4 aromatic rings. The van der Waals surface area contributed by atoms with Gasteiger partial charge in [-0.2, -0.15) is 0 Å². The highest BCUT2D eigenvalue weighted by atomic mass is 32.2. The number of aryl methyl sites for hydroxylation is 1. The number of thioether (sulfide) groups is 1. The van der Waals surface area contributed by atoms with Gasteiger partial charge in [0.1, 0.15) is 11.3 Å². The summed E-state index contributed by atoms with van der Waals surface area (Å²) in [6, 6.07) is 14.6. The molecule has 0 N–H and O–H groups in total. The van der Waals surface area contributed by atoms with Crippen LogP contribution in [0.25, 0.3) is 22.5 Å². The minimum absolute atomic E-state index is 0.305. The maximum atomic E-state index is 13.9. The number of benzene rings is 2. The van der Waals surface area contributed by atoms with Gasteiger partial charge in [-0.05, 0) is 31.2 Å². The van der Waals surface area contributed by atoms with E-state index in [-0.39, 0.29) is 5.82 Å². The van der Waals surface area contributed by atoms with Crippen LogP contribution in [0.3, 0.4) is 0 Å². The van der Waals surface area contributed by atoms with Gasteiger partial charge in [0.25, 0.3) is 5.22 Å². The number of halogens is 1. The molecule has 0 aliphatic carbocycles. The third kappa shape index (κ3) is 3.02. The van der Waals surface area contributed by atoms with E-state index >= 15 is 0 Å². The van der Waals surface area contributed by atoms with Gasteiger partial charge in [-0.3, -0.25) is 0 Å². The number of imidazole rings is 1. The topological polar surface area (TPSA) is 56.7 Å². The lowest BCUT2D eigenvalue weighted by molar-refractivity contribution is 0.465. The summed E-state index contributed by atoms with van der Waals surface area (Å²) in [6.07, 6.45) is 0. The lowest BCUT2D eigenvalue weighted by atomic mass is 10.2. The zero-order valence-corrected chi connectivity index (χ0v) is 14.3. The number of fused-ring (bicyclic) bond motifs is 1. The standard InChI is InChI=1S/C18H15FN4OS/c1-2-23-14-10-6-9-13(19)16(14)20-15(23)11-25-18-22-21-17(24-18)12-7-4-3-5-8-12/h3-10H,2,11H2,1H3. The summed E-state index contributed by atoms with van der Waals surface area (Å²) >= 11 is 1.39. The number of para-hydroxylation sites is 1. The third-order valence-electron chi connectivity index (χ3n) is 3.88. The highest BCUT2D eigenvalue weighted by molar-refractivity contribution is 7.98. The molecule has 0 saturated heterocycles. The van der Waals surface area contributed by atoms with Crippen molar-refractivity contribution in [2.45, 2.75) is 24.4 Å². The Labute approximate surface area is 147 Å². The normalized spacial score (nSPS) is 11.3. The molecule has 2 heterocycles. The summed E-state index contributed by atoms with van der Waals surface area (Å²) in [7, 11) is 0. The molecule has 0 amide bonds. The molecule has 0 aliphatic heterocycles. The van der Waals surface area contributed by atoms with E-state index in [1.54, 1.807) is 6.07 Å². The lowest BCUT2D eigenvalue weighted by Gasteiger charge is -2.04. The zero-order valence-electron chi connectivity index (χ0n) is 13.5. The van der Waals surface area contributed by atoms with E-state index in [0.29, 0.717) is 22.4 Å². The first-order valence-corrected chi connectivity index (χ1v) is 8.90. The molecule has 0 bridgehead atoms. The summed E-state index contributed by atoms with van der Waals surface area (Å²) < 4.78 is 21.6. The number of hydrogen-bond donors (Lipinski definition) is 0. The molecule has 0 spiro atoms. The van der Waals surface area contributed by atoms with Crippen molar-refractivity contribution in [1.29, 1.82) is 0 Å². The minimum Gasteiger partial charge on any atom is -0.411 e. The van der Waals surface area contributed by atoms with E-state index in [1.165, 1.54) is 17.8 Å². The second-order valence-electron chi connectivity index (χ2n) is 5.41. The maximum absolute atomic E-state index is 13.9. The van der Waals surface area contributed by atoms with Gasteiger partial charge < -0.3 is 8.98 Å². The quantitative estimate of drug-likeness (QED) is 0.493. The Bertz CT molecular complexity index is 1010. The van der Waals surface area contributed by atoms with Crippen LogP contribution in [0.15, 0.2) is 58.2 Å². The first-order chi connectivity index (χ1) is 12.3. The largest absolute Gasteiger partial charge is 0.411 e. The molecule has 0 unspecified atom stereocenters. The third-order valence-corrected chi connectivity index (χ3v) is 4.69. The van der Waals surface area contributed by atoms with Crippen molar-refractivity contribution in [2.24, 2.45) is 0 Å². The Morgan fingerprint density at radius 1 is 1.08 bits per heavy atom. The van der Waals surface area contributed by atoms with Gasteiger partial charge in [-0.25, -0.2) is 9.37 Å². The van der Waals surface area contributed by atoms with E-state index in [1.807, 2.05) is 47.9 Å². The Kier molecular flexibility index (Phi) is 4.23. The fourth-order valence-electron chi connectivity index (χ4n) is 2.72. The van der Waals surface area contributed by atoms with Crippen molar-refractivity contribution in [3.05, 3.63) is 60.2 Å². The first-order valence-electron chi connectivity index (χ1n) is 7.91. The monoisotopic (exact) mass is 354 g/mol. The molecule has 0 fully saturated rings. The van der Waals surface area contributed by atoms with Crippen molar-refractivity contribution < 1.29 is 8.81 Å². The zero-order chi connectivity index (χ0) is 17.2. The molecule has 7 heteroatoms. The van der Waals surface area contributed by atoms with Crippen LogP contribution in [0.1, 0.15) is 12.7 Å². The molecule has 25 heavy (non-hydrogen) atoms. The summed E-state index contributed by atoms with van der Waals surface area (Å²) in [6.45, 7) is 2.73. The molecular formula is C18H15FN4OS. The van der Waals surface area contributed by atoms with Crippen molar-refractivity contribution in [3.63, 3.8) is 0 Å². The van der Waals surface area contributed by atoms with Gasteiger partial charge in [0.15, 0.2) is 5.82 Å². The van der Waals surface area contributed by atoms with Gasteiger partial charge in [-0.1, -0.05) is 36.0 Å². The Balaban J connectivity index is 1.57. The molecule has 2 aromatic heterocycles. The highest BCUT2D eigenvalue weighted by Crippen LogP contribution is 2.27. The summed E-state index contributed by atoms with van der Waals surface area (Å²) in [5, 5.41) is 8.61. The van der Waals surface area contributed by atoms with Crippen LogP contribution >= 0.6 is 11.8 Å². The van der Waals surface area contributed by atoms with Crippen LogP contribution in [-0.2, 0) is 12.3 Å². The van der Waals surface area contributed by atoms with Gasteiger partial charge in [0.2, 0.25) is 5.89 Å². The van der Waals surface area contributed by atoms with Gasteiger partial charge in [-0.15, -0.1) is 10.2 Å². The second-order valence-corrected chi connectivity index (χ2v) is 6.33.